The van der Waals surface area contributed by atoms with Crippen LogP contribution in [0.4, 0.5) is 0 Å². The Labute approximate surface area is 115 Å². The summed E-state index contributed by atoms with van der Waals surface area (Å²) >= 11 is 0. The lowest BCUT2D eigenvalue weighted by Gasteiger charge is -2.32. The Morgan fingerprint density at radius 2 is 2.05 bits per heavy atom. The van der Waals surface area contributed by atoms with Gasteiger partial charge in [-0.15, -0.1) is 0 Å². The van der Waals surface area contributed by atoms with E-state index in [2.05, 4.69) is 10.3 Å². The summed E-state index contributed by atoms with van der Waals surface area (Å²) in [6, 6.07) is 3.85. The number of rotatable bonds is 5. The van der Waals surface area contributed by atoms with Crippen LogP contribution in [0.15, 0.2) is 12.1 Å². The van der Waals surface area contributed by atoms with Crippen LogP contribution >= 0.6 is 0 Å². The predicted octanol–water partition coefficient (Wildman–Crippen LogP) is 2.18. The van der Waals surface area contributed by atoms with Crippen molar-refractivity contribution in [3.63, 3.8) is 0 Å². The third kappa shape index (κ3) is 4.18. The molecule has 1 aromatic rings. The van der Waals surface area contributed by atoms with Crippen LogP contribution < -0.4 is 10.1 Å². The molecule has 0 amide bonds. The standard InChI is InChI=1S/C15H24N2O2/c1-12-8-14(19-2)9-13(17-12)10-16-11-15(18)6-4-3-5-7-15/h8-9,16,18H,3-7,10-11H2,1-2H3. The van der Waals surface area contributed by atoms with Crippen LogP contribution in [0.1, 0.15) is 43.5 Å². The van der Waals surface area contributed by atoms with Gasteiger partial charge in [0.2, 0.25) is 0 Å². The molecule has 1 heterocycles. The van der Waals surface area contributed by atoms with Crippen LogP contribution in [-0.2, 0) is 6.54 Å². The van der Waals surface area contributed by atoms with Gasteiger partial charge in [-0.1, -0.05) is 19.3 Å². The van der Waals surface area contributed by atoms with Gasteiger partial charge in [-0.2, -0.15) is 0 Å². The molecule has 2 rings (SSSR count). The maximum Gasteiger partial charge on any atom is 0.122 e. The molecule has 1 aliphatic carbocycles. The molecule has 0 spiro atoms. The predicted molar refractivity (Wildman–Crippen MR) is 75.3 cm³/mol. The molecule has 0 bridgehead atoms. The van der Waals surface area contributed by atoms with Crippen molar-refractivity contribution in [2.45, 2.75) is 51.2 Å². The van der Waals surface area contributed by atoms with Crippen molar-refractivity contribution in [1.29, 1.82) is 0 Å². The Bertz CT molecular complexity index is 415. The number of aryl methyl sites for hydroxylation is 1. The maximum atomic E-state index is 10.4. The number of ether oxygens (including phenoxy) is 1. The highest BCUT2D eigenvalue weighted by Gasteiger charge is 2.28. The molecule has 0 aliphatic heterocycles. The summed E-state index contributed by atoms with van der Waals surface area (Å²) in [5.41, 5.74) is 1.38. The molecule has 1 saturated carbocycles. The topological polar surface area (TPSA) is 54.4 Å². The van der Waals surface area contributed by atoms with Crippen LogP contribution in [-0.4, -0.2) is 29.3 Å². The normalized spacial score (nSPS) is 18.3. The molecule has 0 saturated heterocycles. The summed E-state index contributed by atoms with van der Waals surface area (Å²) < 4.78 is 5.23. The summed E-state index contributed by atoms with van der Waals surface area (Å²) in [6.07, 6.45) is 5.33. The number of hydrogen-bond donors (Lipinski definition) is 2. The number of aromatic nitrogens is 1. The van der Waals surface area contributed by atoms with Crippen LogP contribution in [0, 0.1) is 6.92 Å². The van der Waals surface area contributed by atoms with E-state index in [-0.39, 0.29) is 0 Å². The van der Waals surface area contributed by atoms with Crippen molar-refractivity contribution in [3.05, 3.63) is 23.5 Å². The first-order valence-corrected chi connectivity index (χ1v) is 7.06. The van der Waals surface area contributed by atoms with Crippen molar-refractivity contribution in [1.82, 2.24) is 10.3 Å². The van der Waals surface area contributed by atoms with Gasteiger partial charge < -0.3 is 15.2 Å². The molecule has 4 heteroatoms. The minimum Gasteiger partial charge on any atom is -0.497 e. The summed E-state index contributed by atoms with van der Waals surface area (Å²) in [4.78, 5) is 4.46. The van der Waals surface area contributed by atoms with Crippen LogP contribution in [0.25, 0.3) is 0 Å². The third-order valence-electron chi connectivity index (χ3n) is 3.76. The number of pyridine rings is 1. The minimum absolute atomic E-state index is 0.522. The Morgan fingerprint density at radius 1 is 1.32 bits per heavy atom. The number of nitrogens with one attached hydrogen (secondary N) is 1. The Kier molecular flexibility index (Phi) is 4.77. The molecule has 0 unspecified atom stereocenters. The second-order valence-electron chi connectivity index (χ2n) is 5.53. The molecule has 4 nitrogen and oxygen atoms in total. The van der Waals surface area contributed by atoms with Crippen LogP contribution in [0.5, 0.6) is 5.75 Å². The zero-order valence-corrected chi connectivity index (χ0v) is 11.9. The summed E-state index contributed by atoms with van der Waals surface area (Å²) in [5.74, 6) is 0.834. The van der Waals surface area contributed by atoms with E-state index in [0.29, 0.717) is 13.1 Å². The molecule has 1 fully saturated rings. The molecule has 106 valence electrons. The molecule has 0 aromatic carbocycles. The maximum absolute atomic E-state index is 10.4. The van der Waals surface area contributed by atoms with Gasteiger partial charge in [0.15, 0.2) is 0 Å². The fraction of sp³-hybridized carbons (Fsp3) is 0.667. The Hall–Kier alpha value is -1.13. The highest BCUT2D eigenvalue weighted by molar-refractivity contribution is 5.26. The van der Waals surface area contributed by atoms with Gasteiger partial charge in [-0.3, -0.25) is 4.98 Å². The van der Waals surface area contributed by atoms with E-state index >= 15 is 0 Å². The van der Waals surface area contributed by atoms with E-state index in [4.69, 9.17) is 4.74 Å². The van der Waals surface area contributed by atoms with Crippen LogP contribution in [0.2, 0.25) is 0 Å². The molecule has 1 aliphatic rings. The smallest absolute Gasteiger partial charge is 0.122 e. The number of methoxy groups -OCH3 is 1. The fourth-order valence-electron chi connectivity index (χ4n) is 2.72. The van der Waals surface area contributed by atoms with Crippen molar-refractivity contribution >= 4 is 0 Å². The summed E-state index contributed by atoms with van der Waals surface area (Å²) in [5, 5.41) is 13.7. The second-order valence-corrected chi connectivity index (χ2v) is 5.53. The van der Waals surface area contributed by atoms with E-state index in [1.807, 2.05) is 19.1 Å². The van der Waals surface area contributed by atoms with Crippen molar-refractivity contribution in [3.8, 4) is 5.75 Å². The van der Waals surface area contributed by atoms with E-state index < -0.39 is 5.60 Å². The van der Waals surface area contributed by atoms with Crippen LogP contribution in [0.3, 0.4) is 0 Å². The van der Waals surface area contributed by atoms with E-state index in [9.17, 15) is 5.11 Å². The van der Waals surface area contributed by atoms with E-state index in [1.54, 1.807) is 7.11 Å². The first-order valence-electron chi connectivity index (χ1n) is 7.06. The highest BCUT2D eigenvalue weighted by atomic mass is 16.5. The van der Waals surface area contributed by atoms with Gasteiger partial charge in [0, 0.05) is 30.9 Å². The van der Waals surface area contributed by atoms with Gasteiger partial charge in [0.1, 0.15) is 5.75 Å². The first kappa shape index (κ1) is 14.3. The van der Waals surface area contributed by atoms with Gasteiger partial charge in [0.25, 0.3) is 0 Å². The molecule has 1 aromatic heterocycles. The fourth-order valence-corrected chi connectivity index (χ4v) is 2.72. The lowest BCUT2D eigenvalue weighted by molar-refractivity contribution is 0.00462. The van der Waals surface area contributed by atoms with Gasteiger partial charge in [0.05, 0.1) is 18.4 Å². The summed E-state index contributed by atoms with van der Waals surface area (Å²) in [7, 11) is 1.66. The molecule has 0 radical (unpaired) electrons. The Morgan fingerprint density at radius 3 is 2.74 bits per heavy atom. The number of hydrogen-bond acceptors (Lipinski definition) is 4. The molecule has 2 N–H and O–H groups in total. The average molecular weight is 264 g/mol. The molecular weight excluding hydrogens is 240 g/mol. The monoisotopic (exact) mass is 264 g/mol. The SMILES string of the molecule is COc1cc(C)nc(CNCC2(O)CCCCC2)c1. The Balaban J connectivity index is 1.86. The molecule has 19 heavy (non-hydrogen) atoms. The van der Waals surface area contributed by atoms with E-state index in [1.165, 1.54) is 6.42 Å². The lowest BCUT2D eigenvalue weighted by Crippen LogP contribution is -2.42. The lowest BCUT2D eigenvalue weighted by atomic mass is 9.85. The number of aliphatic hydroxyl groups is 1. The van der Waals surface area contributed by atoms with Gasteiger partial charge in [-0.25, -0.2) is 0 Å². The quantitative estimate of drug-likeness (QED) is 0.856. The van der Waals surface area contributed by atoms with Gasteiger partial charge >= 0.3 is 0 Å². The molecular formula is C15H24N2O2. The van der Waals surface area contributed by atoms with E-state index in [0.717, 1.165) is 42.8 Å². The van der Waals surface area contributed by atoms with Crippen molar-refractivity contribution in [2.75, 3.05) is 13.7 Å². The van der Waals surface area contributed by atoms with Gasteiger partial charge in [-0.05, 0) is 19.8 Å². The number of nitrogens with zero attached hydrogens (tertiary/aromatic N) is 1. The zero-order chi connectivity index (χ0) is 13.7. The highest BCUT2D eigenvalue weighted by Crippen LogP contribution is 2.27. The minimum atomic E-state index is -0.522. The zero-order valence-electron chi connectivity index (χ0n) is 11.9. The third-order valence-corrected chi connectivity index (χ3v) is 3.76. The largest absolute Gasteiger partial charge is 0.497 e. The molecule has 0 atom stereocenters. The second kappa shape index (κ2) is 6.35. The average Bonchev–Trinajstić information content (AvgIpc) is 2.38. The summed E-state index contributed by atoms with van der Waals surface area (Å²) in [6.45, 7) is 3.27. The van der Waals surface area contributed by atoms with Crippen molar-refractivity contribution in [2.24, 2.45) is 0 Å². The van der Waals surface area contributed by atoms with Crippen molar-refractivity contribution < 1.29 is 9.84 Å². The first-order chi connectivity index (χ1) is 9.11.